The number of ether oxygens (including phenoxy) is 1. The van der Waals surface area contributed by atoms with Crippen LogP contribution in [0.5, 0.6) is 5.88 Å². The highest BCUT2D eigenvalue weighted by molar-refractivity contribution is 5.73. The van der Waals surface area contributed by atoms with Crippen molar-refractivity contribution in [3.8, 4) is 5.88 Å². The van der Waals surface area contributed by atoms with Crippen molar-refractivity contribution in [1.29, 1.82) is 0 Å². The van der Waals surface area contributed by atoms with Gasteiger partial charge in [0, 0.05) is 0 Å². The van der Waals surface area contributed by atoms with Gasteiger partial charge in [0.1, 0.15) is 5.82 Å². The number of benzene rings is 1. The van der Waals surface area contributed by atoms with Crippen LogP contribution >= 0.6 is 0 Å². The van der Waals surface area contributed by atoms with Gasteiger partial charge in [-0.1, -0.05) is 12.1 Å². The van der Waals surface area contributed by atoms with E-state index in [1.807, 2.05) is 4.98 Å². The van der Waals surface area contributed by atoms with E-state index in [4.69, 9.17) is 4.74 Å². The summed E-state index contributed by atoms with van der Waals surface area (Å²) in [5.41, 5.74) is -0.378. The fraction of sp³-hybridized carbons (Fsp3) is 0.154. The van der Waals surface area contributed by atoms with Crippen molar-refractivity contribution >= 4 is 22.8 Å². The molecule has 2 heterocycles. The number of anilines is 2. The van der Waals surface area contributed by atoms with Gasteiger partial charge in [-0.2, -0.15) is 18.2 Å². The van der Waals surface area contributed by atoms with Crippen molar-refractivity contribution in [2.45, 2.75) is 6.18 Å². The SMILES string of the molecule is COc1nc2[nH]c(C(F)(F)F)nc2nc1Nc1ccccc1F. The molecule has 3 rings (SSSR count). The summed E-state index contributed by atoms with van der Waals surface area (Å²) < 4.78 is 56.6. The smallest absolute Gasteiger partial charge is 0.449 e. The second-order valence-corrected chi connectivity index (χ2v) is 4.44. The molecule has 0 aliphatic rings. The molecule has 0 spiro atoms. The van der Waals surface area contributed by atoms with E-state index >= 15 is 0 Å². The number of nitrogens with one attached hydrogen (secondary N) is 2. The first kappa shape index (κ1) is 15.0. The molecule has 0 unspecified atom stereocenters. The van der Waals surface area contributed by atoms with Gasteiger partial charge in [-0.15, -0.1) is 0 Å². The number of hydrogen-bond donors (Lipinski definition) is 2. The average molecular weight is 327 g/mol. The van der Waals surface area contributed by atoms with E-state index in [-0.39, 0.29) is 28.7 Å². The van der Waals surface area contributed by atoms with Crippen LogP contribution in [0.3, 0.4) is 0 Å². The molecule has 2 aromatic heterocycles. The molecule has 0 saturated heterocycles. The van der Waals surface area contributed by atoms with Crippen LogP contribution in [-0.2, 0) is 6.18 Å². The van der Waals surface area contributed by atoms with E-state index in [1.165, 1.54) is 25.3 Å². The molecule has 23 heavy (non-hydrogen) atoms. The Labute approximate surface area is 126 Å². The number of aromatic nitrogens is 4. The van der Waals surface area contributed by atoms with Gasteiger partial charge in [0.15, 0.2) is 17.1 Å². The molecule has 10 heteroatoms. The first-order chi connectivity index (χ1) is 10.9. The molecule has 0 amide bonds. The molecule has 6 nitrogen and oxygen atoms in total. The van der Waals surface area contributed by atoms with Crippen LogP contribution in [0.4, 0.5) is 29.1 Å². The van der Waals surface area contributed by atoms with E-state index < -0.39 is 17.8 Å². The molecule has 3 aromatic rings. The van der Waals surface area contributed by atoms with Crippen molar-refractivity contribution in [2.24, 2.45) is 0 Å². The van der Waals surface area contributed by atoms with Crippen molar-refractivity contribution in [1.82, 2.24) is 19.9 Å². The lowest BCUT2D eigenvalue weighted by atomic mass is 10.3. The van der Waals surface area contributed by atoms with Gasteiger partial charge in [0.2, 0.25) is 5.82 Å². The summed E-state index contributed by atoms with van der Waals surface area (Å²) in [6.45, 7) is 0. The number of nitrogens with zero attached hydrogens (tertiary/aromatic N) is 3. The lowest BCUT2D eigenvalue weighted by molar-refractivity contribution is -0.144. The Morgan fingerprint density at radius 2 is 1.87 bits per heavy atom. The van der Waals surface area contributed by atoms with Gasteiger partial charge in [-0.05, 0) is 12.1 Å². The third-order valence-electron chi connectivity index (χ3n) is 2.89. The Balaban J connectivity index is 2.07. The number of imidazole rings is 1. The maximum atomic E-state index is 13.7. The van der Waals surface area contributed by atoms with Gasteiger partial charge in [-0.3, -0.25) is 0 Å². The highest BCUT2D eigenvalue weighted by Gasteiger charge is 2.35. The number of aromatic amines is 1. The number of rotatable bonds is 3. The molecule has 0 fully saturated rings. The predicted octanol–water partition coefficient (Wildman–Crippen LogP) is 3.26. The zero-order valence-corrected chi connectivity index (χ0v) is 11.6. The van der Waals surface area contributed by atoms with E-state index in [1.54, 1.807) is 6.07 Å². The van der Waals surface area contributed by atoms with Crippen LogP contribution in [0.2, 0.25) is 0 Å². The van der Waals surface area contributed by atoms with E-state index in [0.29, 0.717) is 0 Å². The van der Waals surface area contributed by atoms with E-state index in [0.717, 1.165) is 0 Å². The molecule has 0 aliphatic carbocycles. The van der Waals surface area contributed by atoms with Gasteiger partial charge in [-0.25, -0.2) is 14.4 Å². The number of halogens is 4. The zero-order valence-electron chi connectivity index (χ0n) is 11.6. The fourth-order valence-electron chi connectivity index (χ4n) is 1.87. The van der Waals surface area contributed by atoms with Crippen LogP contribution in [0.15, 0.2) is 24.3 Å². The van der Waals surface area contributed by atoms with Gasteiger partial charge in [0.25, 0.3) is 5.88 Å². The fourth-order valence-corrected chi connectivity index (χ4v) is 1.87. The summed E-state index contributed by atoms with van der Waals surface area (Å²) in [4.78, 5) is 13.1. The first-order valence-corrected chi connectivity index (χ1v) is 6.29. The maximum Gasteiger partial charge on any atom is 0.449 e. The summed E-state index contributed by atoms with van der Waals surface area (Å²) in [6.07, 6.45) is -4.66. The minimum Gasteiger partial charge on any atom is -0.478 e. The molecule has 0 radical (unpaired) electrons. The Hall–Kier alpha value is -2.91. The second-order valence-electron chi connectivity index (χ2n) is 4.44. The van der Waals surface area contributed by atoms with E-state index in [2.05, 4.69) is 20.3 Å². The van der Waals surface area contributed by atoms with Gasteiger partial charge < -0.3 is 15.0 Å². The van der Waals surface area contributed by atoms with Crippen molar-refractivity contribution in [2.75, 3.05) is 12.4 Å². The Morgan fingerprint density at radius 1 is 1.13 bits per heavy atom. The number of H-pyrrole nitrogens is 1. The number of alkyl halides is 3. The summed E-state index contributed by atoms with van der Waals surface area (Å²) in [7, 11) is 1.27. The number of fused-ring (bicyclic) bond motifs is 1. The third kappa shape index (κ3) is 2.87. The van der Waals surface area contributed by atoms with Crippen LogP contribution in [0.25, 0.3) is 11.3 Å². The van der Waals surface area contributed by atoms with Gasteiger partial charge in [0.05, 0.1) is 12.8 Å². The maximum absolute atomic E-state index is 13.7. The lowest BCUT2D eigenvalue weighted by Gasteiger charge is -2.09. The number of para-hydroxylation sites is 1. The normalized spacial score (nSPS) is 11.7. The van der Waals surface area contributed by atoms with Crippen LogP contribution < -0.4 is 10.1 Å². The minimum absolute atomic E-state index is 0.0506. The average Bonchev–Trinajstić information content (AvgIpc) is 2.91. The second kappa shape index (κ2) is 5.38. The summed E-state index contributed by atoms with van der Waals surface area (Å²) >= 11 is 0. The zero-order chi connectivity index (χ0) is 16.6. The molecule has 2 N–H and O–H groups in total. The van der Waals surface area contributed by atoms with Crippen LogP contribution in [0.1, 0.15) is 5.82 Å². The minimum atomic E-state index is -4.66. The Bertz CT molecular complexity index is 861. The molecular formula is C13H9F4N5O. The topological polar surface area (TPSA) is 75.7 Å². The predicted molar refractivity (Wildman–Crippen MR) is 72.9 cm³/mol. The standard InChI is InChI=1S/C13H9F4N5O/c1-23-11-10(18-7-5-3-2-4-6(7)14)19-8-9(20-11)22-12(21-8)13(15,16)17/h2-5H,1H3,(H2,18,19,20,21,22). The Morgan fingerprint density at radius 3 is 2.52 bits per heavy atom. The van der Waals surface area contributed by atoms with Crippen LogP contribution in [0, 0.1) is 5.82 Å². The third-order valence-corrected chi connectivity index (χ3v) is 2.89. The lowest BCUT2D eigenvalue weighted by Crippen LogP contribution is -2.06. The molecule has 120 valence electrons. The molecule has 0 bridgehead atoms. The van der Waals surface area contributed by atoms with Crippen LogP contribution in [-0.4, -0.2) is 27.0 Å². The van der Waals surface area contributed by atoms with Gasteiger partial charge >= 0.3 is 6.18 Å². The molecular weight excluding hydrogens is 318 g/mol. The Kier molecular flexibility index (Phi) is 3.51. The summed E-state index contributed by atoms with van der Waals surface area (Å²) in [5, 5.41) is 2.62. The van der Waals surface area contributed by atoms with Crippen molar-refractivity contribution < 1.29 is 22.3 Å². The summed E-state index contributed by atoms with van der Waals surface area (Å²) in [5.74, 6) is -1.93. The highest BCUT2D eigenvalue weighted by atomic mass is 19.4. The largest absolute Gasteiger partial charge is 0.478 e. The van der Waals surface area contributed by atoms with E-state index in [9.17, 15) is 17.6 Å². The quantitative estimate of drug-likeness (QED) is 0.722. The molecule has 0 atom stereocenters. The monoisotopic (exact) mass is 327 g/mol. The van der Waals surface area contributed by atoms with Crippen molar-refractivity contribution in [3.63, 3.8) is 0 Å². The van der Waals surface area contributed by atoms with Crippen molar-refractivity contribution in [3.05, 3.63) is 35.9 Å². The first-order valence-electron chi connectivity index (χ1n) is 6.29. The highest BCUT2D eigenvalue weighted by Crippen LogP contribution is 2.30. The number of hydrogen-bond acceptors (Lipinski definition) is 5. The summed E-state index contributed by atoms with van der Waals surface area (Å²) in [6, 6.07) is 5.74. The molecule has 1 aromatic carbocycles. The molecule has 0 saturated carbocycles. The number of methoxy groups -OCH3 is 1. The molecule has 0 aliphatic heterocycles.